The Morgan fingerprint density at radius 1 is 1.06 bits per heavy atom. The number of rotatable bonds is 3. The number of hydrogen-bond donors (Lipinski definition) is 0. The lowest BCUT2D eigenvalue weighted by molar-refractivity contribution is 0.468. The molecule has 0 aliphatic carbocycles. The Hall–Kier alpha value is -1.90. The van der Waals surface area contributed by atoms with Gasteiger partial charge in [0.2, 0.25) is 0 Å². The number of para-hydroxylation sites is 1. The normalized spacial score (nSPS) is 10.4. The summed E-state index contributed by atoms with van der Waals surface area (Å²) in [5, 5.41) is 0. The van der Waals surface area contributed by atoms with Crippen molar-refractivity contribution in [3.8, 4) is 11.5 Å². The lowest BCUT2D eigenvalue weighted by Crippen LogP contribution is -1.94. The molecule has 0 N–H and O–H groups in total. The summed E-state index contributed by atoms with van der Waals surface area (Å²) >= 11 is 0. The quantitative estimate of drug-likeness (QED) is 0.785. The molecule has 1 heterocycles. The number of benzene rings is 1. The van der Waals surface area contributed by atoms with Crippen LogP contribution in [-0.4, -0.2) is 9.97 Å². The van der Waals surface area contributed by atoms with E-state index in [4.69, 9.17) is 4.74 Å². The summed E-state index contributed by atoms with van der Waals surface area (Å²) in [5.74, 6) is 1.96. The van der Waals surface area contributed by atoms with Crippen LogP contribution >= 0.6 is 0 Å². The van der Waals surface area contributed by atoms with Crippen LogP contribution in [0.4, 0.5) is 0 Å². The van der Waals surface area contributed by atoms with Crippen LogP contribution < -0.4 is 4.74 Å². The van der Waals surface area contributed by atoms with Crippen molar-refractivity contribution in [3.63, 3.8) is 0 Å². The number of nitrogens with zero attached hydrogens (tertiary/aromatic N) is 2. The van der Waals surface area contributed by atoms with Gasteiger partial charge in [-0.2, -0.15) is 0 Å². The van der Waals surface area contributed by atoms with E-state index in [9.17, 15) is 0 Å². The maximum atomic E-state index is 5.75. The first kappa shape index (κ1) is 10.6. The van der Waals surface area contributed by atoms with E-state index in [0.29, 0.717) is 11.7 Å². The monoisotopic (exact) mass is 214 g/mol. The molecule has 0 amide bonds. The van der Waals surface area contributed by atoms with Crippen LogP contribution in [0.25, 0.3) is 0 Å². The third kappa shape index (κ3) is 2.37. The molecule has 0 spiro atoms. The van der Waals surface area contributed by atoms with Crippen molar-refractivity contribution in [2.75, 3.05) is 0 Å². The van der Waals surface area contributed by atoms with Crippen LogP contribution in [0, 0.1) is 0 Å². The Kier molecular flexibility index (Phi) is 3.15. The molecule has 0 atom stereocenters. The van der Waals surface area contributed by atoms with Crippen molar-refractivity contribution in [3.05, 3.63) is 48.5 Å². The minimum Gasteiger partial charge on any atom is -0.454 e. The van der Waals surface area contributed by atoms with Crippen LogP contribution in [0.15, 0.2) is 43.0 Å². The molecule has 3 nitrogen and oxygen atoms in total. The number of aromatic nitrogens is 2. The van der Waals surface area contributed by atoms with E-state index >= 15 is 0 Å². The molecule has 1 aromatic heterocycles. The van der Waals surface area contributed by atoms with Gasteiger partial charge in [-0.15, -0.1) is 0 Å². The van der Waals surface area contributed by atoms with E-state index in [1.54, 1.807) is 12.4 Å². The van der Waals surface area contributed by atoms with E-state index in [2.05, 4.69) is 29.9 Å². The van der Waals surface area contributed by atoms with Gasteiger partial charge in [0.05, 0.1) is 12.4 Å². The molecule has 0 unspecified atom stereocenters. The van der Waals surface area contributed by atoms with Gasteiger partial charge in [0.1, 0.15) is 12.1 Å². The highest BCUT2D eigenvalue weighted by molar-refractivity contribution is 5.38. The van der Waals surface area contributed by atoms with Gasteiger partial charge in [0.25, 0.3) is 0 Å². The smallest absolute Gasteiger partial charge is 0.164 e. The van der Waals surface area contributed by atoms with Gasteiger partial charge >= 0.3 is 0 Å². The highest BCUT2D eigenvalue weighted by atomic mass is 16.5. The predicted molar refractivity (Wildman–Crippen MR) is 62.6 cm³/mol. The van der Waals surface area contributed by atoms with Crippen molar-refractivity contribution >= 4 is 0 Å². The van der Waals surface area contributed by atoms with Crippen molar-refractivity contribution < 1.29 is 4.74 Å². The first-order valence-electron chi connectivity index (χ1n) is 5.29. The molecular formula is C13H14N2O. The topological polar surface area (TPSA) is 35.0 Å². The van der Waals surface area contributed by atoms with E-state index in [1.807, 2.05) is 18.2 Å². The average molecular weight is 214 g/mol. The zero-order chi connectivity index (χ0) is 11.4. The lowest BCUT2D eigenvalue weighted by atomic mass is 10.0. The van der Waals surface area contributed by atoms with Gasteiger partial charge in [0.15, 0.2) is 5.75 Å². The predicted octanol–water partition coefficient (Wildman–Crippen LogP) is 3.39. The SMILES string of the molecule is CC(C)c1ccccc1Oc1cncnc1. The molecule has 0 fully saturated rings. The molecule has 1 aromatic carbocycles. The summed E-state index contributed by atoms with van der Waals surface area (Å²) < 4.78 is 5.75. The summed E-state index contributed by atoms with van der Waals surface area (Å²) in [6.45, 7) is 4.29. The molecule has 3 heteroatoms. The molecule has 0 radical (unpaired) electrons. The lowest BCUT2D eigenvalue weighted by Gasteiger charge is -2.12. The van der Waals surface area contributed by atoms with E-state index < -0.39 is 0 Å². The molecular weight excluding hydrogens is 200 g/mol. The molecule has 0 saturated carbocycles. The Balaban J connectivity index is 2.28. The second-order valence-electron chi connectivity index (χ2n) is 3.87. The Morgan fingerprint density at radius 2 is 1.75 bits per heavy atom. The van der Waals surface area contributed by atoms with Gasteiger partial charge in [-0.3, -0.25) is 0 Å². The van der Waals surface area contributed by atoms with E-state index in [1.165, 1.54) is 11.9 Å². The fraction of sp³-hybridized carbons (Fsp3) is 0.231. The Morgan fingerprint density at radius 3 is 2.44 bits per heavy atom. The Bertz CT molecular complexity index is 454. The largest absolute Gasteiger partial charge is 0.454 e. The average Bonchev–Trinajstić information content (AvgIpc) is 2.31. The van der Waals surface area contributed by atoms with Crippen LogP contribution in [0.1, 0.15) is 25.3 Å². The number of hydrogen-bond acceptors (Lipinski definition) is 3. The van der Waals surface area contributed by atoms with Crippen LogP contribution in [0.3, 0.4) is 0 Å². The van der Waals surface area contributed by atoms with Crippen LogP contribution in [0.2, 0.25) is 0 Å². The van der Waals surface area contributed by atoms with Crippen molar-refractivity contribution in [2.24, 2.45) is 0 Å². The molecule has 0 saturated heterocycles. The summed E-state index contributed by atoms with van der Waals surface area (Å²) in [5.41, 5.74) is 1.19. The maximum absolute atomic E-state index is 5.75. The molecule has 0 bridgehead atoms. The van der Waals surface area contributed by atoms with Crippen molar-refractivity contribution in [1.29, 1.82) is 0 Å². The fourth-order valence-electron chi connectivity index (χ4n) is 1.52. The minimum absolute atomic E-state index is 0.431. The molecule has 0 aliphatic rings. The van der Waals surface area contributed by atoms with Crippen molar-refractivity contribution in [1.82, 2.24) is 9.97 Å². The zero-order valence-electron chi connectivity index (χ0n) is 9.42. The summed E-state index contributed by atoms with van der Waals surface area (Å²) in [6, 6.07) is 8.01. The fourth-order valence-corrected chi connectivity index (χ4v) is 1.52. The first-order valence-corrected chi connectivity index (χ1v) is 5.29. The second-order valence-corrected chi connectivity index (χ2v) is 3.87. The third-order valence-electron chi connectivity index (χ3n) is 2.31. The van der Waals surface area contributed by atoms with Gasteiger partial charge in [0, 0.05) is 0 Å². The zero-order valence-corrected chi connectivity index (χ0v) is 9.42. The van der Waals surface area contributed by atoms with Gasteiger partial charge in [-0.05, 0) is 17.5 Å². The summed E-state index contributed by atoms with van der Waals surface area (Å²) in [7, 11) is 0. The van der Waals surface area contributed by atoms with Gasteiger partial charge in [-0.25, -0.2) is 9.97 Å². The summed E-state index contributed by atoms with van der Waals surface area (Å²) in [6.07, 6.45) is 4.80. The van der Waals surface area contributed by atoms with Crippen molar-refractivity contribution in [2.45, 2.75) is 19.8 Å². The molecule has 2 rings (SSSR count). The molecule has 82 valence electrons. The third-order valence-corrected chi connectivity index (χ3v) is 2.31. The highest BCUT2D eigenvalue weighted by Gasteiger charge is 2.07. The molecule has 2 aromatic rings. The standard InChI is InChI=1S/C13H14N2O/c1-10(2)12-5-3-4-6-13(12)16-11-7-14-9-15-8-11/h3-10H,1-2H3. The molecule has 0 aliphatic heterocycles. The summed E-state index contributed by atoms with van der Waals surface area (Å²) in [4.78, 5) is 7.84. The highest BCUT2D eigenvalue weighted by Crippen LogP contribution is 2.29. The van der Waals surface area contributed by atoms with E-state index in [0.717, 1.165) is 5.75 Å². The maximum Gasteiger partial charge on any atom is 0.164 e. The first-order chi connectivity index (χ1) is 7.77. The van der Waals surface area contributed by atoms with Crippen LogP contribution in [0.5, 0.6) is 11.5 Å². The van der Waals surface area contributed by atoms with Gasteiger partial charge in [-0.1, -0.05) is 32.0 Å². The minimum atomic E-state index is 0.431. The molecule has 16 heavy (non-hydrogen) atoms. The van der Waals surface area contributed by atoms with Gasteiger partial charge < -0.3 is 4.74 Å². The van der Waals surface area contributed by atoms with E-state index in [-0.39, 0.29) is 0 Å². The number of ether oxygens (including phenoxy) is 1. The second kappa shape index (κ2) is 4.75. The Labute approximate surface area is 95.1 Å². The van der Waals surface area contributed by atoms with Crippen LogP contribution in [-0.2, 0) is 0 Å².